The highest BCUT2D eigenvalue weighted by molar-refractivity contribution is 6.30. The van der Waals surface area contributed by atoms with Gasteiger partial charge in [-0.2, -0.15) is 0 Å². The Balaban J connectivity index is 1.83. The summed E-state index contributed by atoms with van der Waals surface area (Å²) in [6.45, 7) is 0.886. The van der Waals surface area contributed by atoms with Gasteiger partial charge in [0.25, 0.3) is 5.91 Å². The number of hydrogen-bond donors (Lipinski definition) is 2. The molecule has 5 nitrogen and oxygen atoms in total. The number of nitrogens with one attached hydrogen (secondary N) is 1. The number of aromatic carboxylic acids is 1. The lowest BCUT2D eigenvalue weighted by molar-refractivity contribution is 0.0696. The van der Waals surface area contributed by atoms with Crippen LogP contribution in [0, 0.1) is 0 Å². The van der Waals surface area contributed by atoms with Gasteiger partial charge in [-0.3, -0.25) is 4.79 Å². The molecule has 2 aromatic rings. The van der Waals surface area contributed by atoms with Crippen molar-refractivity contribution in [3.05, 3.63) is 57.9 Å². The number of carbonyl (C=O) groups is 2. The van der Waals surface area contributed by atoms with Crippen molar-refractivity contribution >= 4 is 23.5 Å². The molecule has 1 aromatic heterocycles. The van der Waals surface area contributed by atoms with Gasteiger partial charge in [0.15, 0.2) is 0 Å². The van der Waals surface area contributed by atoms with E-state index in [-0.39, 0.29) is 11.5 Å². The van der Waals surface area contributed by atoms with Gasteiger partial charge < -0.3 is 15.0 Å². The molecular formula is C14H11ClN2O3. The van der Waals surface area contributed by atoms with E-state index in [1.165, 1.54) is 0 Å². The Morgan fingerprint density at radius 3 is 2.60 bits per heavy atom. The molecule has 3 rings (SSSR count). The Hall–Kier alpha value is -2.27. The molecule has 0 atom stereocenters. The van der Waals surface area contributed by atoms with Crippen molar-refractivity contribution in [1.29, 1.82) is 0 Å². The van der Waals surface area contributed by atoms with Gasteiger partial charge in [-0.15, -0.1) is 0 Å². The summed E-state index contributed by atoms with van der Waals surface area (Å²) >= 11 is 5.79. The van der Waals surface area contributed by atoms with Gasteiger partial charge in [-0.1, -0.05) is 17.7 Å². The number of rotatable bonds is 2. The molecule has 1 amide bonds. The van der Waals surface area contributed by atoms with Gasteiger partial charge in [-0.25, -0.2) is 4.79 Å². The fourth-order valence-electron chi connectivity index (χ4n) is 2.33. The number of carboxylic acid groups (broad SMARTS) is 1. The number of aromatic nitrogens is 1. The minimum Gasteiger partial charge on any atom is -0.478 e. The number of amides is 1. The first-order chi connectivity index (χ1) is 9.54. The zero-order valence-corrected chi connectivity index (χ0v) is 11.1. The summed E-state index contributed by atoms with van der Waals surface area (Å²) in [4.78, 5) is 27.7. The van der Waals surface area contributed by atoms with Crippen LogP contribution in [0.15, 0.2) is 30.5 Å². The molecule has 0 radical (unpaired) electrons. The van der Waals surface area contributed by atoms with Crippen molar-refractivity contribution in [2.24, 2.45) is 0 Å². The first kappa shape index (κ1) is 12.7. The third-order valence-corrected chi connectivity index (χ3v) is 3.56. The maximum Gasteiger partial charge on any atom is 0.335 e. The minimum absolute atomic E-state index is 0.148. The first-order valence-electron chi connectivity index (χ1n) is 6.03. The topological polar surface area (TPSA) is 73.4 Å². The lowest BCUT2D eigenvalue weighted by Gasteiger charge is -2.13. The second-order valence-electron chi connectivity index (χ2n) is 4.68. The molecule has 0 aliphatic carbocycles. The van der Waals surface area contributed by atoms with E-state index < -0.39 is 5.97 Å². The molecule has 0 spiro atoms. The number of carbonyl (C=O) groups excluding carboxylic acids is 1. The number of benzene rings is 1. The number of fused-ring (bicyclic) bond motifs is 1. The maximum absolute atomic E-state index is 12.3. The Kier molecular flexibility index (Phi) is 2.99. The third kappa shape index (κ3) is 2.16. The number of nitrogens with zero attached hydrogens (tertiary/aromatic N) is 1. The van der Waals surface area contributed by atoms with Crippen molar-refractivity contribution in [1.82, 2.24) is 9.88 Å². The fraction of sp³-hybridized carbons (Fsp3) is 0.143. The predicted octanol–water partition coefficient (Wildman–Crippen LogP) is 2.52. The van der Waals surface area contributed by atoms with Gasteiger partial charge >= 0.3 is 5.97 Å². The summed E-state index contributed by atoms with van der Waals surface area (Å²) in [6.07, 6.45) is 1.56. The highest BCUT2D eigenvalue weighted by Gasteiger charge is 2.25. The molecule has 1 aliphatic rings. The van der Waals surface area contributed by atoms with Crippen molar-refractivity contribution < 1.29 is 14.7 Å². The normalized spacial score (nSPS) is 13.3. The van der Waals surface area contributed by atoms with Crippen LogP contribution in [0.2, 0.25) is 5.02 Å². The molecule has 0 saturated heterocycles. The molecule has 102 valence electrons. The van der Waals surface area contributed by atoms with Gasteiger partial charge in [0, 0.05) is 19.3 Å². The van der Waals surface area contributed by atoms with Gasteiger partial charge in [-0.05, 0) is 29.3 Å². The quantitative estimate of drug-likeness (QED) is 0.892. The van der Waals surface area contributed by atoms with E-state index in [0.717, 1.165) is 11.1 Å². The minimum atomic E-state index is -0.964. The zero-order valence-electron chi connectivity index (χ0n) is 10.4. The standard InChI is InChI=1S/C14H11ClN2O3/c15-11-4-12(16-5-11)13(18)17-6-9-2-1-8(14(19)20)3-10(9)7-17/h1-5,16H,6-7H2,(H,19,20). The van der Waals surface area contributed by atoms with E-state index in [2.05, 4.69) is 4.98 Å². The molecule has 6 heteroatoms. The Morgan fingerprint density at radius 2 is 1.95 bits per heavy atom. The molecule has 0 saturated carbocycles. The highest BCUT2D eigenvalue weighted by Crippen LogP contribution is 2.25. The molecule has 1 aromatic carbocycles. The monoisotopic (exact) mass is 290 g/mol. The lowest BCUT2D eigenvalue weighted by Crippen LogP contribution is -2.25. The van der Waals surface area contributed by atoms with Crippen molar-refractivity contribution in [2.75, 3.05) is 0 Å². The van der Waals surface area contributed by atoms with E-state index in [9.17, 15) is 9.59 Å². The van der Waals surface area contributed by atoms with Gasteiger partial charge in [0.2, 0.25) is 0 Å². The second-order valence-corrected chi connectivity index (χ2v) is 5.12. The number of carboxylic acids is 1. The third-order valence-electron chi connectivity index (χ3n) is 3.34. The number of H-pyrrole nitrogens is 1. The summed E-state index contributed by atoms with van der Waals surface area (Å²) in [7, 11) is 0. The van der Waals surface area contributed by atoms with E-state index in [4.69, 9.17) is 16.7 Å². The average Bonchev–Trinajstić information content (AvgIpc) is 3.02. The van der Waals surface area contributed by atoms with E-state index in [0.29, 0.717) is 23.8 Å². The molecule has 2 heterocycles. The Bertz CT molecular complexity index is 708. The van der Waals surface area contributed by atoms with Gasteiger partial charge in [0.05, 0.1) is 10.6 Å². The van der Waals surface area contributed by atoms with Crippen LogP contribution in [-0.2, 0) is 13.1 Å². The number of halogens is 1. The number of hydrogen-bond acceptors (Lipinski definition) is 2. The fourth-order valence-corrected chi connectivity index (χ4v) is 2.50. The van der Waals surface area contributed by atoms with Crippen LogP contribution < -0.4 is 0 Å². The molecule has 0 bridgehead atoms. The van der Waals surface area contributed by atoms with Crippen LogP contribution in [0.25, 0.3) is 0 Å². The van der Waals surface area contributed by atoms with Crippen molar-refractivity contribution in [3.63, 3.8) is 0 Å². The summed E-state index contributed by atoms with van der Waals surface area (Å²) in [5.41, 5.74) is 2.51. The lowest BCUT2D eigenvalue weighted by atomic mass is 10.1. The molecule has 2 N–H and O–H groups in total. The summed E-state index contributed by atoms with van der Waals surface area (Å²) in [5.74, 6) is -1.11. The summed E-state index contributed by atoms with van der Waals surface area (Å²) < 4.78 is 0. The van der Waals surface area contributed by atoms with Gasteiger partial charge in [0.1, 0.15) is 5.69 Å². The average molecular weight is 291 g/mol. The molecule has 0 fully saturated rings. The van der Waals surface area contributed by atoms with Crippen LogP contribution in [0.3, 0.4) is 0 Å². The summed E-state index contributed by atoms with van der Waals surface area (Å²) in [5, 5.41) is 9.46. The molecule has 1 aliphatic heterocycles. The Morgan fingerprint density at radius 1 is 1.20 bits per heavy atom. The van der Waals surface area contributed by atoms with Crippen LogP contribution in [0.5, 0.6) is 0 Å². The molecule has 20 heavy (non-hydrogen) atoms. The zero-order chi connectivity index (χ0) is 14.3. The van der Waals surface area contributed by atoms with Crippen molar-refractivity contribution in [2.45, 2.75) is 13.1 Å². The first-order valence-corrected chi connectivity index (χ1v) is 6.40. The highest BCUT2D eigenvalue weighted by atomic mass is 35.5. The summed E-state index contributed by atoms with van der Waals surface area (Å²) in [6, 6.07) is 6.51. The Labute approximate surface area is 119 Å². The molecule has 0 unspecified atom stereocenters. The van der Waals surface area contributed by atoms with E-state index in [1.807, 2.05) is 0 Å². The van der Waals surface area contributed by atoms with Crippen LogP contribution in [0.4, 0.5) is 0 Å². The SMILES string of the molecule is O=C(O)c1ccc2c(c1)CN(C(=O)c1cc(Cl)c[nH]1)C2. The van der Waals surface area contributed by atoms with E-state index in [1.54, 1.807) is 35.4 Å². The van der Waals surface area contributed by atoms with Crippen LogP contribution >= 0.6 is 11.6 Å². The maximum atomic E-state index is 12.3. The van der Waals surface area contributed by atoms with E-state index >= 15 is 0 Å². The van der Waals surface area contributed by atoms with Crippen LogP contribution in [0.1, 0.15) is 32.0 Å². The second kappa shape index (κ2) is 4.68. The molecular weight excluding hydrogens is 280 g/mol. The smallest absolute Gasteiger partial charge is 0.335 e. The predicted molar refractivity (Wildman–Crippen MR) is 72.8 cm³/mol. The van der Waals surface area contributed by atoms with Crippen LogP contribution in [-0.4, -0.2) is 26.9 Å². The number of aromatic amines is 1. The largest absolute Gasteiger partial charge is 0.478 e. The van der Waals surface area contributed by atoms with Crippen molar-refractivity contribution in [3.8, 4) is 0 Å².